The quantitative estimate of drug-likeness (QED) is 0.490. The standard InChI is InChI=1S/C24H18F6N4O4/c1-10-8-33(23(37)38-10)17-5-4-13-19(35)14(22(36)32-20(11-2-3-11)24(28,29)30)9-34(21(13)31-17)18-15(26)6-12(25)7-16(18)27/h4-7,9-11,20H,2-3,8H2,1H3,(H,32,36)/t10-,20-/m0/s1. The van der Waals surface area contributed by atoms with Crippen molar-refractivity contribution >= 4 is 28.9 Å². The van der Waals surface area contributed by atoms with E-state index in [9.17, 15) is 40.7 Å². The lowest BCUT2D eigenvalue weighted by molar-refractivity contribution is -0.158. The third kappa shape index (κ3) is 4.54. The highest BCUT2D eigenvalue weighted by molar-refractivity contribution is 5.98. The smallest absolute Gasteiger partial charge is 0.415 e. The van der Waals surface area contributed by atoms with Crippen LogP contribution >= 0.6 is 0 Å². The van der Waals surface area contributed by atoms with Gasteiger partial charge >= 0.3 is 12.3 Å². The number of rotatable bonds is 5. The summed E-state index contributed by atoms with van der Waals surface area (Å²) in [5, 5.41) is 1.42. The fraction of sp³-hybridized carbons (Fsp3) is 0.333. The van der Waals surface area contributed by atoms with E-state index in [1.54, 1.807) is 6.92 Å². The number of anilines is 1. The fourth-order valence-electron chi connectivity index (χ4n) is 4.35. The SMILES string of the molecule is C[C@H]1CN(c2ccc3c(=O)c(C(=O)N[C@@H](C4CC4)C(F)(F)F)cn(-c4c(F)cc(F)cc4F)c3n2)C(=O)O1. The van der Waals surface area contributed by atoms with E-state index in [1.165, 1.54) is 6.07 Å². The molecular weight excluding hydrogens is 522 g/mol. The molecule has 8 nitrogen and oxygen atoms in total. The third-order valence-corrected chi connectivity index (χ3v) is 6.27. The Kier molecular flexibility index (Phi) is 6.07. The van der Waals surface area contributed by atoms with Crippen molar-refractivity contribution in [3.8, 4) is 5.69 Å². The van der Waals surface area contributed by atoms with Crippen LogP contribution in [0.25, 0.3) is 16.7 Å². The van der Waals surface area contributed by atoms with Crippen LogP contribution in [0, 0.1) is 23.4 Å². The minimum atomic E-state index is -4.79. The second kappa shape index (κ2) is 9.03. The van der Waals surface area contributed by atoms with E-state index in [1.807, 2.05) is 5.32 Å². The Hall–Kier alpha value is -4.10. The molecule has 1 N–H and O–H groups in total. The van der Waals surface area contributed by atoms with Crippen molar-refractivity contribution in [1.29, 1.82) is 0 Å². The van der Waals surface area contributed by atoms with Crippen molar-refractivity contribution in [2.75, 3.05) is 11.4 Å². The summed E-state index contributed by atoms with van der Waals surface area (Å²) in [6.07, 6.45) is -4.98. The first-order chi connectivity index (χ1) is 17.8. The van der Waals surface area contributed by atoms with E-state index in [0.29, 0.717) is 22.9 Å². The van der Waals surface area contributed by atoms with Gasteiger partial charge in [-0.3, -0.25) is 19.1 Å². The van der Waals surface area contributed by atoms with Gasteiger partial charge in [0.1, 0.15) is 35.0 Å². The Morgan fingerprint density at radius 1 is 1.13 bits per heavy atom. The van der Waals surface area contributed by atoms with Gasteiger partial charge < -0.3 is 10.1 Å². The van der Waals surface area contributed by atoms with E-state index in [-0.39, 0.29) is 30.6 Å². The maximum Gasteiger partial charge on any atom is 0.415 e. The molecule has 2 fully saturated rings. The van der Waals surface area contributed by atoms with Crippen LogP contribution < -0.4 is 15.6 Å². The molecule has 2 aliphatic rings. The molecule has 200 valence electrons. The van der Waals surface area contributed by atoms with E-state index < -0.39 is 76.0 Å². The highest BCUT2D eigenvalue weighted by atomic mass is 19.4. The monoisotopic (exact) mass is 540 g/mol. The molecular formula is C24H18F6N4O4. The number of hydrogen-bond donors (Lipinski definition) is 1. The molecule has 1 aromatic carbocycles. The van der Waals surface area contributed by atoms with E-state index in [4.69, 9.17) is 4.74 Å². The third-order valence-electron chi connectivity index (χ3n) is 6.27. The Labute approximate surface area is 209 Å². The second-order valence-corrected chi connectivity index (χ2v) is 9.14. The summed E-state index contributed by atoms with van der Waals surface area (Å²) in [5.74, 6) is -6.47. The molecule has 3 aromatic rings. The van der Waals surface area contributed by atoms with Crippen LogP contribution in [0.15, 0.2) is 35.3 Å². The average molecular weight is 540 g/mol. The summed E-state index contributed by atoms with van der Waals surface area (Å²) < 4.78 is 89.4. The predicted octanol–water partition coefficient (Wildman–Crippen LogP) is 4.22. The number of alkyl halides is 3. The number of nitrogens with one attached hydrogen (secondary N) is 1. The highest BCUT2D eigenvalue weighted by Gasteiger charge is 2.50. The van der Waals surface area contributed by atoms with E-state index >= 15 is 0 Å². The normalized spacial score (nSPS) is 18.6. The van der Waals surface area contributed by atoms with Gasteiger partial charge in [0.15, 0.2) is 17.3 Å². The summed E-state index contributed by atoms with van der Waals surface area (Å²) in [6.45, 7) is 1.68. The Morgan fingerprint density at radius 3 is 2.34 bits per heavy atom. The van der Waals surface area contributed by atoms with Crippen molar-refractivity contribution in [1.82, 2.24) is 14.9 Å². The molecule has 1 saturated carbocycles. The average Bonchev–Trinajstić information content (AvgIpc) is 3.59. The fourth-order valence-corrected chi connectivity index (χ4v) is 4.35. The van der Waals surface area contributed by atoms with Crippen LogP contribution in [0.5, 0.6) is 0 Å². The zero-order valence-corrected chi connectivity index (χ0v) is 19.5. The minimum Gasteiger partial charge on any atom is -0.444 e. The van der Waals surface area contributed by atoms with E-state index in [2.05, 4.69) is 4.98 Å². The van der Waals surface area contributed by atoms with Crippen LogP contribution in [-0.4, -0.2) is 46.4 Å². The minimum absolute atomic E-state index is 0.0639. The maximum absolute atomic E-state index is 14.8. The molecule has 0 radical (unpaired) electrons. The molecule has 0 spiro atoms. The molecule has 1 aliphatic carbocycles. The number of halogens is 6. The van der Waals surface area contributed by atoms with Crippen molar-refractivity contribution < 1.29 is 40.7 Å². The van der Waals surface area contributed by atoms with Gasteiger partial charge in [0.2, 0.25) is 5.43 Å². The number of carbonyl (C=O) groups excluding carboxylic acids is 2. The number of fused-ring (bicyclic) bond motifs is 1. The predicted molar refractivity (Wildman–Crippen MR) is 121 cm³/mol. The number of amides is 2. The number of aromatic nitrogens is 2. The van der Waals surface area contributed by atoms with Crippen molar-refractivity contribution in [3.05, 3.63) is 63.7 Å². The Bertz CT molecular complexity index is 1510. The van der Waals surface area contributed by atoms with Crippen LogP contribution in [0.1, 0.15) is 30.1 Å². The molecule has 2 atom stereocenters. The second-order valence-electron chi connectivity index (χ2n) is 9.14. The first kappa shape index (κ1) is 25.5. The number of pyridine rings is 2. The van der Waals surface area contributed by atoms with Gasteiger partial charge in [-0.2, -0.15) is 13.2 Å². The molecule has 0 unspecified atom stereocenters. The maximum atomic E-state index is 14.8. The Morgan fingerprint density at radius 2 is 1.79 bits per heavy atom. The molecule has 14 heteroatoms. The lowest BCUT2D eigenvalue weighted by Gasteiger charge is -2.22. The summed E-state index contributed by atoms with van der Waals surface area (Å²) >= 11 is 0. The van der Waals surface area contributed by atoms with Gasteiger partial charge in [0, 0.05) is 18.3 Å². The van der Waals surface area contributed by atoms with Gasteiger partial charge in [-0.25, -0.2) is 22.9 Å². The number of hydrogen-bond acceptors (Lipinski definition) is 5. The first-order valence-electron chi connectivity index (χ1n) is 11.4. The highest BCUT2D eigenvalue weighted by Crippen LogP contribution is 2.40. The van der Waals surface area contributed by atoms with Crippen molar-refractivity contribution in [2.45, 2.75) is 38.1 Å². The molecule has 2 aromatic heterocycles. The molecule has 3 heterocycles. The summed E-state index contributed by atoms with van der Waals surface area (Å²) in [5.41, 5.74) is -3.29. The number of nitrogens with zero attached hydrogens (tertiary/aromatic N) is 3. The molecule has 38 heavy (non-hydrogen) atoms. The zero-order chi connectivity index (χ0) is 27.5. The van der Waals surface area contributed by atoms with Crippen LogP contribution in [0.3, 0.4) is 0 Å². The van der Waals surface area contributed by atoms with Crippen molar-refractivity contribution in [2.24, 2.45) is 5.92 Å². The van der Waals surface area contributed by atoms with Gasteiger partial charge in [0.25, 0.3) is 5.91 Å². The topological polar surface area (TPSA) is 93.5 Å². The summed E-state index contributed by atoms with van der Waals surface area (Å²) in [6, 6.07) is 0.804. The molecule has 2 amide bonds. The first-order valence-corrected chi connectivity index (χ1v) is 11.4. The molecule has 5 rings (SSSR count). The molecule has 1 saturated heterocycles. The van der Waals surface area contributed by atoms with Crippen molar-refractivity contribution in [3.63, 3.8) is 0 Å². The molecule has 0 bridgehead atoms. The number of ether oxygens (including phenoxy) is 1. The van der Waals surface area contributed by atoms with Gasteiger partial charge in [-0.1, -0.05) is 0 Å². The van der Waals surface area contributed by atoms with Crippen LogP contribution in [0.2, 0.25) is 0 Å². The largest absolute Gasteiger partial charge is 0.444 e. The summed E-state index contributed by atoms with van der Waals surface area (Å²) in [4.78, 5) is 43.5. The lowest BCUT2D eigenvalue weighted by atomic mass is 10.1. The van der Waals surface area contributed by atoms with Gasteiger partial charge in [-0.05, 0) is 37.8 Å². The number of benzene rings is 1. The lowest BCUT2D eigenvalue weighted by Crippen LogP contribution is -2.48. The van der Waals surface area contributed by atoms with E-state index in [0.717, 1.165) is 11.0 Å². The van der Waals surface area contributed by atoms with Crippen LogP contribution in [0.4, 0.5) is 37.0 Å². The number of cyclic esters (lactones) is 1. The van der Waals surface area contributed by atoms with Gasteiger partial charge in [0.05, 0.1) is 11.9 Å². The Balaban J connectivity index is 1.70. The summed E-state index contributed by atoms with van der Waals surface area (Å²) in [7, 11) is 0. The number of carbonyl (C=O) groups is 2. The van der Waals surface area contributed by atoms with Crippen LogP contribution in [-0.2, 0) is 4.74 Å². The molecule has 1 aliphatic heterocycles. The zero-order valence-electron chi connectivity index (χ0n) is 19.5. The van der Waals surface area contributed by atoms with Gasteiger partial charge in [-0.15, -0.1) is 0 Å².